The number of aromatic hydroxyl groups is 1. The molecule has 0 spiro atoms. The van der Waals surface area contributed by atoms with Crippen LogP contribution in [0.25, 0.3) is 11.2 Å². The molecule has 2 unspecified atom stereocenters. The molecule has 25 nitrogen and oxygen atoms in total. The zero-order valence-corrected chi connectivity index (χ0v) is 34.6. The quantitative estimate of drug-likeness (QED) is 0.0447. The number of phenols is 1. The predicted molar refractivity (Wildman–Crippen MR) is 195 cm³/mol. The van der Waals surface area contributed by atoms with Crippen LogP contribution in [0.1, 0.15) is 38.5 Å². The van der Waals surface area contributed by atoms with Crippen molar-refractivity contribution < 1.29 is 85.6 Å². The van der Waals surface area contributed by atoms with Crippen molar-refractivity contribution in [2.24, 2.45) is 5.41 Å². The lowest BCUT2D eigenvalue weighted by molar-refractivity contribution is -0.347. The van der Waals surface area contributed by atoms with E-state index in [1.54, 1.807) is 18.2 Å². The maximum atomic E-state index is 12.6. The van der Waals surface area contributed by atoms with Crippen LogP contribution in [0.3, 0.4) is 0 Å². The number of aliphatic hydroxyl groups excluding tert-OH is 2. The Morgan fingerprint density at radius 1 is 1.05 bits per heavy atom. The third-order valence-corrected chi connectivity index (χ3v) is 12.2. The van der Waals surface area contributed by atoms with Gasteiger partial charge in [0, 0.05) is 37.1 Å². The van der Waals surface area contributed by atoms with Gasteiger partial charge in [0.05, 0.1) is 27.4 Å². The largest absolute Gasteiger partial charge is 0.790 e. The van der Waals surface area contributed by atoms with E-state index in [4.69, 9.17) is 10.5 Å². The highest BCUT2D eigenvalue weighted by atomic mass is 32.2. The maximum Gasteiger partial charge on any atom is 0.274 e. The SMILES string of the molecule is CC(C)(COP(=O)([O-])OP(=O)([O-])OC[C@H]1O[C@@H](n2cnc3c(N)ncnc32)[C@H](O)[C@@H]1OP(=O)([O-])[O-])[C@@H](O)C(=O)NCCC(=O)NCCSC(=O)CCc1cccc(O)c1. The molecule has 1 aliphatic heterocycles. The summed E-state index contributed by atoms with van der Waals surface area (Å²) in [4.78, 5) is 96.3. The van der Waals surface area contributed by atoms with Crippen molar-refractivity contribution in [2.45, 2.75) is 63.8 Å². The van der Waals surface area contributed by atoms with Crippen molar-refractivity contribution in [1.82, 2.24) is 30.2 Å². The number of aromatic nitrogens is 4. The van der Waals surface area contributed by atoms with Gasteiger partial charge < -0.3 is 74.1 Å². The Morgan fingerprint density at radius 3 is 2.46 bits per heavy atom. The van der Waals surface area contributed by atoms with Crippen LogP contribution < -0.4 is 35.9 Å². The summed E-state index contributed by atoms with van der Waals surface area (Å²) < 4.78 is 60.5. The highest BCUT2D eigenvalue weighted by molar-refractivity contribution is 8.13. The number of nitrogens with one attached hydrogen (secondary N) is 2. The molecule has 2 aromatic heterocycles. The summed E-state index contributed by atoms with van der Waals surface area (Å²) in [7, 11) is -17.6. The minimum atomic E-state index is -5.93. The molecule has 1 saturated heterocycles. The summed E-state index contributed by atoms with van der Waals surface area (Å²) in [5, 5.41) is 35.6. The number of phenolic OH excluding ortho intramolecular Hbond substituents is 1. The number of benzene rings is 1. The summed E-state index contributed by atoms with van der Waals surface area (Å²) in [6, 6.07) is 6.53. The number of phosphoric ester groups is 3. The second-order valence-electron chi connectivity index (χ2n) is 13.4. The van der Waals surface area contributed by atoms with Crippen molar-refractivity contribution in [2.75, 3.05) is 37.8 Å². The molecule has 0 bridgehead atoms. The van der Waals surface area contributed by atoms with Crippen LogP contribution in [-0.2, 0) is 57.1 Å². The lowest BCUT2D eigenvalue weighted by Gasteiger charge is -2.36. The van der Waals surface area contributed by atoms with Crippen molar-refractivity contribution in [3.05, 3.63) is 42.5 Å². The van der Waals surface area contributed by atoms with Gasteiger partial charge in [0.2, 0.25) is 11.8 Å². The topological polar surface area (TPSA) is 395 Å². The van der Waals surface area contributed by atoms with Gasteiger partial charge in [-0.15, -0.1) is 0 Å². The summed E-state index contributed by atoms with van der Waals surface area (Å²) in [5.74, 6) is -1.21. The van der Waals surface area contributed by atoms with Crippen LogP contribution in [0, 0.1) is 5.41 Å². The fourth-order valence-electron chi connectivity index (χ4n) is 5.30. The van der Waals surface area contributed by atoms with Crippen LogP contribution in [0.5, 0.6) is 5.75 Å². The van der Waals surface area contributed by atoms with Crippen LogP contribution in [0.15, 0.2) is 36.9 Å². The number of carbonyl (C=O) groups excluding carboxylic acids is 3. The number of carbonyl (C=O) groups is 3. The Balaban J connectivity index is 1.20. The highest BCUT2D eigenvalue weighted by Crippen LogP contribution is 2.56. The average Bonchev–Trinajstić information content (AvgIpc) is 3.70. The number of hydrogen-bond donors (Lipinski definition) is 6. The molecule has 4 rings (SSSR count). The highest BCUT2D eigenvalue weighted by Gasteiger charge is 2.47. The van der Waals surface area contributed by atoms with E-state index in [0.29, 0.717) is 6.42 Å². The summed E-state index contributed by atoms with van der Waals surface area (Å²) >= 11 is 1.02. The summed E-state index contributed by atoms with van der Waals surface area (Å²) in [6.45, 7) is -0.00602. The van der Waals surface area contributed by atoms with Crippen LogP contribution in [0.2, 0.25) is 0 Å². The number of amides is 2. The monoisotopic (exact) mass is 911 g/mol. The second-order valence-corrected chi connectivity index (χ2v) is 18.6. The molecule has 1 aliphatic rings. The third-order valence-electron chi connectivity index (χ3n) is 8.27. The lowest BCUT2D eigenvalue weighted by Crippen LogP contribution is -2.46. The first-order valence-electron chi connectivity index (χ1n) is 17.2. The Hall–Kier alpha value is -3.42. The molecule has 2 amide bonds. The molecule has 0 radical (unpaired) electrons. The first-order valence-corrected chi connectivity index (χ1v) is 22.6. The first-order chi connectivity index (χ1) is 27.5. The van der Waals surface area contributed by atoms with E-state index >= 15 is 0 Å². The van der Waals surface area contributed by atoms with Gasteiger partial charge in [-0.2, -0.15) is 0 Å². The molecule has 1 fully saturated rings. The van der Waals surface area contributed by atoms with E-state index in [1.807, 2.05) is 0 Å². The van der Waals surface area contributed by atoms with Gasteiger partial charge in [0.1, 0.15) is 42.0 Å². The molecule has 3 aromatic rings. The summed E-state index contributed by atoms with van der Waals surface area (Å²) in [6.07, 6.45) is -6.99. The number of fused-ring (bicyclic) bond motifs is 1. The number of aliphatic hydroxyl groups is 2. The molecule has 328 valence electrons. The Kier molecular flexibility index (Phi) is 16.7. The lowest BCUT2D eigenvalue weighted by atomic mass is 9.87. The first kappa shape index (κ1) is 48.2. The maximum absolute atomic E-state index is 12.6. The van der Waals surface area contributed by atoms with Crippen molar-refractivity contribution in [3.63, 3.8) is 0 Å². The number of hydrogen-bond acceptors (Lipinski definition) is 23. The molecular weight excluding hydrogens is 871 g/mol. The zero-order chi connectivity index (χ0) is 43.8. The van der Waals surface area contributed by atoms with E-state index in [-0.39, 0.29) is 59.5 Å². The molecule has 0 saturated carbocycles. The molecule has 59 heavy (non-hydrogen) atoms. The average molecular weight is 912 g/mol. The van der Waals surface area contributed by atoms with E-state index in [0.717, 1.165) is 34.5 Å². The van der Waals surface area contributed by atoms with Gasteiger partial charge in [-0.05, 0) is 24.1 Å². The number of aryl methyl sites for hydroxylation is 1. The Labute approximate surface area is 339 Å². The summed E-state index contributed by atoms with van der Waals surface area (Å²) in [5.41, 5.74) is 4.84. The van der Waals surface area contributed by atoms with Crippen molar-refractivity contribution in [1.29, 1.82) is 0 Å². The minimum Gasteiger partial charge on any atom is -0.790 e. The van der Waals surface area contributed by atoms with Gasteiger partial charge in [-0.25, -0.2) is 19.3 Å². The number of ether oxygens (including phenoxy) is 1. The normalized spacial score (nSPS) is 21.1. The van der Waals surface area contributed by atoms with Crippen molar-refractivity contribution in [3.8, 4) is 5.75 Å². The predicted octanol–water partition coefficient (Wildman–Crippen LogP) is -2.52. The second kappa shape index (κ2) is 20.4. The number of phosphoric acid groups is 3. The molecule has 7 atom stereocenters. The van der Waals surface area contributed by atoms with E-state index in [9.17, 15) is 63.0 Å². The van der Waals surface area contributed by atoms with E-state index in [2.05, 4.69) is 43.5 Å². The van der Waals surface area contributed by atoms with E-state index < -0.39 is 84.6 Å². The molecule has 7 N–H and O–H groups in total. The van der Waals surface area contributed by atoms with Gasteiger partial charge in [0.15, 0.2) is 22.8 Å². The van der Waals surface area contributed by atoms with Crippen LogP contribution in [-0.4, -0.2) is 108 Å². The Bertz CT molecular complexity index is 2110. The minimum absolute atomic E-state index is 0.0263. The smallest absolute Gasteiger partial charge is 0.274 e. The van der Waals surface area contributed by atoms with E-state index in [1.165, 1.54) is 19.9 Å². The van der Waals surface area contributed by atoms with Gasteiger partial charge in [0.25, 0.3) is 15.6 Å². The number of thioether (sulfide) groups is 1. The molecule has 1 aromatic carbocycles. The fourth-order valence-corrected chi connectivity index (χ4v) is 8.72. The van der Waals surface area contributed by atoms with Gasteiger partial charge >= 0.3 is 0 Å². The number of rotatable bonds is 22. The zero-order valence-electron chi connectivity index (χ0n) is 31.1. The van der Waals surface area contributed by atoms with Gasteiger partial charge in [-0.1, -0.05) is 37.7 Å². The number of anilines is 1. The Morgan fingerprint density at radius 2 is 1.76 bits per heavy atom. The van der Waals surface area contributed by atoms with Crippen LogP contribution >= 0.6 is 35.2 Å². The number of imidazole rings is 1. The molecule has 29 heteroatoms. The number of nitrogen functional groups attached to an aromatic ring is 1. The molecular formula is C30H40N7O18P3S-4. The number of nitrogens with zero attached hydrogens (tertiary/aromatic N) is 4. The number of nitrogens with two attached hydrogens (primary N) is 1. The third kappa shape index (κ3) is 14.6. The van der Waals surface area contributed by atoms with Crippen LogP contribution in [0.4, 0.5) is 5.82 Å². The van der Waals surface area contributed by atoms with Crippen molar-refractivity contribution >= 4 is 69.1 Å². The molecule has 3 heterocycles. The fraction of sp³-hybridized carbons (Fsp3) is 0.533. The standard InChI is InChI=1S/C30H44N7O18P3S/c1-30(2,25(42)28(43)33-9-8-20(39)32-10-11-59-21(40)7-6-17-4-3-5-18(38)12-17)14-52-58(49,50)55-57(47,48)51-13-19-24(54-56(44,45)46)23(41)29(53-19)37-16-36-22-26(31)34-15-35-27(22)37/h3-5,12,15-16,19,23-25,29,38,41-42H,6-11,13-14H2,1-2H3,(H,32,39)(H,33,43)(H,47,48)(H,49,50)(H2,31,34,35)(H2,44,45,46)/p-4/t19-,23-,24-,25+,29-/m1/s1. The molecule has 0 aliphatic carbocycles. The van der Waals surface area contributed by atoms with Gasteiger partial charge in [-0.3, -0.25) is 28.1 Å².